The predicted molar refractivity (Wildman–Crippen MR) is 72.0 cm³/mol. The van der Waals surface area contributed by atoms with Gasteiger partial charge < -0.3 is 14.4 Å². The summed E-state index contributed by atoms with van der Waals surface area (Å²) in [6.07, 6.45) is -0.556. The minimum Gasteiger partial charge on any atom is -0.496 e. The lowest BCUT2D eigenvalue weighted by Crippen LogP contribution is -2.45. The number of halogens is 1. The molecule has 0 radical (unpaired) electrons. The Morgan fingerprint density at radius 3 is 3.11 bits per heavy atom. The highest BCUT2D eigenvalue weighted by atomic mass is 79.9. The molecule has 5 nitrogen and oxygen atoms in total. The minimum atomic E-state index is -0.556. The molecule has 1 atom stereocenters. The van der Waals surface area contributed by atoms with Crippen LogP contribution in [0.4, 0.5) is 0 Å². The van der Waals surface area contributed by atoms with Crippen molar-refractivity contribution in [1.29, 1.82) is 5.26 Å². The number of ether oxygens (including phenoxy) is 2. The van der Waals surface area contributed by atoms with E-state index in [0.717, 1.165) is 4.47 Å². The quantitative estimate of drug-likeness (QED) is 0.832. The number of hydrogen-bond donors (Lipinski definition) is 0. The van der Waals surface area contributed by atoms with Gasteiger partial charge in [0.2, 0.25) is 0 Å². The summed E-state index contributed by atoms with van der Waals surface area (Å²) in [5, 5.41) is 8.85. The van der Waals surface area contributed by atoms with Gasteiger partial charge in [-0.2, -0.15) is 5.26 Å². The molecule has 0 spiro atoms. The van der Waals surface area contributed by atoms with Crippen molar-refractivity contribution in [1.82, 2.24) is 4.90 Å². The summed E-state index contributed by atoms with van der Waals surface area (Å²) in [6, 6.07) is 7.27. The first-order chi connectivity index (χ1) is 9.15. The second kappa shape index (κ2) is 6.04. The molecule has 1 heterocycles. The van der Waals surface area contributed by atoms with Crippen molar-refractivity contribution in [2.75, 3.05) is 26.8 Å². The van der Waals surface area contributed by atoms with Crippen LogP contribution in [0, 0.1) is 11.3 Å². The van der Waals surface area contributed by atoms with Crippen molar-refractivity contribution in [3.8, 4) is 11.8 Å². The highest BCUT2D eigenvalue weighted by molar-refractivity contribution is 9.10. The SMILES string of the molecule is COc1cc(Br)ccc1C(=O)N1CCOC(C#N)C1. The van der Waals surface area contributed by atoms with Gasteiger partial charge in [0.05, 0.1) is 31.9 Å². The Labute approximate surface area is 119 Å². The van der Waals surface area contributed by atoms with Gasteiger partial charge in [-0.3, -0.25) is 4.79 Å². The van der Waals surface area contributed by atoms with Gasteiger partial charge in [0.1, 0.15) is 5.75 Å². The van der Waals surface area contributed by atoms with Gasteiger partial charge >= 0.3 is 0 Å². The van der Waals surface area contributed by atoms with E-state index in [4.69, 9.17) is 14.7 Å². The Kier molecular flexibility index (Phi) is 4.40. The second-order valence-corrected chi connectivity index (χ2v) is 5.00. The first kappa shape index (κ1) is 13.8. The number of benzene rings is 1. The maximum absolute atomic E-state index is 12.4. The van der Waals surface area contributed by atoms with E-state index >= 15 is 0 Å². The number of morpholine rings is 1. The summed E-state index contributed by atoms with van der Waals surface area (Å²) >= 11 is 3.34. The van der Waals surface area contributed by atoms with Crippen LogP contribution in [0.3, 0.4) is 0 Å². The zero-order chi connectivity index (χ0) is 13.8. The molecule has 1 aliphatic heterocycles. The Balaban J connectivity index is 2.22. The van der Waals surface area contributed by atoms with Crippen LogP contribution in [0.2, 0.25) is 0 Å². The molecule has 1 aromatic rings. The largest absolute Gasteiger partial charge is 0.496 e. The molecule has 6 heteroatoms. The van der Waals surface area contributed by atoms with Crippen LogP contribution in [0.25, 0.3) is 0 Å². The molecule has 0 bridgehead atoms. The topological polar surface area (TPSA) is 62.6 Å². The molecular formula is C13H13BrN2O3. The van der Waals surface area contributed by atoms with Gasteiger partial charge in [0.15, 0.2) is 6.10 Å². The zero-order valence-corrected chi connectivity index (χ0v) is 12.0. The van der Waals surface area contributed by atoms with Crippen molar-refractivity contribution in [3.05, 3.63) is 28.2 Å². The molecule has 0 aliphatic carbocycles. The Morgan fingerprint density at radius 1 is 1.63 bits per heavy atom. The summed E-state index contributed by atoms with van der Waals surface area (Å²) in [4.78, 5) is 14.0. The lowest BCUT2D eigenvalue weighted by atomic mass is 10.1. The molecule has 2 rings (SSSR count). The van der Waals surface area contributed by atoms with Gasteiger partial charge in [0.25, 0.3) is 5.91 Å². The van der Waals surface area contributed by atoms with Crippen molar-refractivity contribution < 1.29 is 14.3 Å². The van der Waals surface area contributed by atoms with E-state index < -0.39 is 6.10 Å². The lowest BCUT2D eigenvalue weighted by Gasteiger charge is -2.30. The highest BCUT2D eigenvalue weighted by Crippen LogP contribution is 2.25. The standard InChI is InChI=1S/C13H13BrN2O3/c1-18-12-6-9(14)2-3-11(12)13(17)16-4-5-19-10(7-15)8-16/h2-3,6,10H,4-5,8H2,1H3. The van der Waals surface area contributed by atoms with Gasteiger partial charge in [-0.25, -0.2) is 0 Å². The second-order valence-electron chi connectivity index (χ2n) is 4.08. The first-order valence-electron chi connectivity index (χ1n) is 5.79. The van der Waals surface area contributed by atoms with Crippen molar-refractivity contribution >= 4 is 21.8 Å². The van der Waals surface area contributed by atoms with E-state index in [9.17, 15) is 4.79 Å². The molecule has 1 fully saturated rings. The molecule has 1 aliphatic rings. The molecule has 0 aromatic heterocycles. The first-order valence-corrected chi connectivity index (χ1v) is 6.59. The number of amides is 1. The van der Waals surface area contributed by atoms with E-state index in [-0.39, 0.29) is 12.5 Å². The van der Waals surface area contributed by atoms with Crippen LogP contribution in [0.15, 0.2) is 22.7 Å². The van der Waals surface area contributed by atoms with E-state index in [2.05, 4.69) is 15.9 Å². The van der Waals surface area contributed by atoms with Crippen molar-refractivity contribution in [2.24, 2.45) is 0 Å². The third-order valence-corrected chi connectivity index (χ3v) is 3.38. The number of carbonyl (C=O) groups excluding carboxylic acids is 1. The highest BCUT2D eigenvalue weighted by Gasteiger charge is 2.26. The number of methoxy groups -OCH3 is 1. The average Bonchev–Trinajstić information content (AvgIpc) is 2.46. The van der Waals surface area contributed by atoms with Crippen LogP contribution in [0.1, 0.15) is 10.4 Å². The Hall–Kier alpha value is -1.58. The fourth-order valence-corrected chi connectivity index (χ4v) is 2.26. The van der Waals surface area contributed by atoms with E-state index in [0.29, 0.717) is 24.5 Å². The predicted octanol–water partition coefficient (Wildman–Crippen LogP) is 1.82. The average molecular weight is 325 g/mol. The van der Waals surface area contributed by atoms with Crippen LogP contribution >= 0.6 is 15.9 Å². The monoisotopic (exact) mass is 324 g/mol. The number of rotatable bonds is 2. The van der Waals surface area contributed by atoms with Crippen molar-refractivity contribution in [2.45, 2.75) is 6.10 Å². The van der Waals surface area contributed by atoms with Crippen LogP contribution < -0.4 is 4.74 Å². The van der Waals surface area contributed by atoms with Gasteiger partial charge in [0, 0.05) is 11.0 Å². The van der Waals surface area contributed by atoms with Gasteiger partial charge in [-0.05, 0) is 18.2 Å². The van der Waals surface area contributed by atoms with E-state index in [1.807, 2.05) is 6.07 Å². The molecule has 1 unspecified atom stereocenters. The molecule has 1 aromatic carbocycles. The number of nitriles is 1. The fourth-order valence-electron chi connectivity index (χ4n) is 1.92. The van der Waals surface area contributed by atoms with Crippen molar-refractivity contribution in [3.63, 3.8) is 0 Å². The fraction of sp³-hybridized carbons (Fsp3) is 0.385. The maximum Gasteiger partial charge on any atom is 0.257 e. The summed E-state index contributed by atoms with van der Waals surface area (Å²) in [5.41, 5.74) is 0.490. The molecule has 0 saturated carbocycles. The van der Waals surface area contributed by atoms with Crippen LogP contribution in [-0.4, -0.2) is 43.7 Å². The Morgan fingerprint density at radius 2 is 2.42 bits per heavy atom. The number of hydrogen-bond acceptors (Lipinski definition) is 4. The minimum absolute atomic E-state index is 0.145. The molecule has 1 amide bonds. The normalized spacial score (nSPS) is 18.8. The Bertz CT molecular complexity index is 527. The number of nitrogens with zero attached hydrogens (tertiary/aromatic N) is 2. The summed E-state index contributed by atoms with van der Waals surface area (Å²) in [5.74, 6) is 0.368. The molecule has 0 N–H and O–H groups in total. The molecule has 1 saturated heterocycles. The molecular weight excluding hydrogens is 312 g/mol. The molecule has 19 heavy (non-hydrogen) atoms. The summed E-state index contributed by atoms with van der Waals surface area (Å²) < 4.78 is 11.3. The van der Waals surface area contributed by atoms with Crippen LogP contribution in [0.5, 0.6) is 5.75 Å². The van der Waals surface area contributed by atoms with Crippen LogP contribution in [-0.2, 0) is 4.74 Å². The molecule has 100 valence electrons. The van der Waals surface area contributed by atoms with E-state index in [1.165, 1.54) is 7.11 Å². The smallest absolute Gasteiger partial charge is 0.257 e. The van der Waals surface area contributed by atoms with Gasteiger partial charge in [-0.15, -0.1) is 0 Å². The third kappa shape index (κ3) is 3.06. The maximum atomic E-state index is 12.4. The lowest BCUT2D eigenvalue weighted by molar-refractivity contribution is 0.00334. The third-order valence-electron chi connectivity index (χ3n) is 2.89. The summed E-state index contributed by atoms with van der Waals surface area (Å²) in [7, 11) is 1.52. The number of carbonyl (C=O) groups is 1. The summed E-state index contributed by atoms with van der Waals surface area (Å²) in [6.45, 7) is 1.15. The van der Waals surface area contributed by atoms with E-state index in [1.54, 1.807) is 23.1 Å². The van der Waals surface area contributed by atoms with Gasteiger partial charge in [-0.1, -0.05) is 15.9 Å². The zero-order valence-electron chi connectivity index (χ0n) is 10.4.